The SMILES string of the molecule is CNc1nccc(-c2ccc(C(=O)Nc3nc4cccc(I)c4n3CCN)s2)n1. The second kappa shape index (κ2) is 8.43. The molecule has 1 aromatic carbocycles. The number of hydrogen-bond acceptors (Lipinski definition) is 7. The number of anilines is 2. The number of benzene rings is 1. The molecule has 0 bridgehead atoms. The van der Waals surface area contributed by atoms with Crippen molar-refractivity contribution in [2.45, 2.75) is 6.54 Å². The van der Waals surface area contributed by atoms with E-state index in [1.165, 1.54) is 11.3 Å². The number of amides is 1. The van der Waals surface area contributed by atoms with Gasteiger partial charge in [-0.2, -0.15) is 0 Å². The van der Waals surface area contributed by atoms with E-state index in [-0.39, 0.29) is 5.91 Å². The Hall–Kier alpha value is -2.57. The van der Waals surface area contributed by atoms with Gasteiger partial charge in [0.25, 0.3) is 5.91 Å². The monoisotopic (exact) mass is 519 g/mol. The predicted molar refractivity (Wildman–Crippen MR) is 124 cm³/mol. The smallest absolute Gasteiger partial charge is 0.268 e. The molecular weight excluding hydrogens is 501 g/mol. The summed E-state index contributed by atoms with van der Waals surface area (Å²) in [4.78, 5) is 27.5. The zero-order valence-corrected chi connectivity index (χ0v) is 18.5. The first-order valence-electron chi connectivity index (χ1n) is 8.88. The summed E-state index contributed by atoms with van der Waals surface area (Å²) in [5.74, 6) is 0.814. The molecule has 4 N–H and O–H groups in total. The Labute approximate surface area is 184 Å². The maximum atomic E-state index is 12.9. The third-order valence-electron chi connectivity index (χ3n) is 4.26. The number of nitrogens with one attached hydrogen (secondary N) is 2. The van der Waals surface area contributed by atoms with Crippen molar-refractivity contribution in [3.8, 4) is 10.6 Å². The molecule has 0 saturated carbocycles. The van der Waals surface area contributed by atoms with E-state index in [0.29, 0.717) is 29.9 Å². The first kappa shape index (κ1) is 19.7. The Kier molecular flexibility index (Phi) is 5.74. The zero-order valence-electron chi connectivity index (χ0n) is 15.5. The molecule has 0 aliphatic heterocycles. The van der Waals surface area contributed by atoms with Crippen molar-refractivity contribution in [3.05, 3.63) is 51.0 Å². The van der Waals surface area contributed by atoms with Crippen LogP contribution in [0.4, 0.5) is 11.9 Å². The van der Waals surface area contributed by atoms with Gasteiger partial charge in [-0.3, -0.25) is 10.1 Å². The average molecular weight is 519 g/mol. The maximum absolute atomic E-state index is 12.9. The fourth-order valence-corrected chi connectivity index (χ4v) is 4.61. The van der Waals surface area contributed by atoms with Gasteiger partial charge in [0, 0.05) is 29.9 Å². The van der Waals surface area contributed by atoms with Gasteiger partial charge in [-0.25, -0.2) is 15.0 Å². The third-order valence-corrected chi connectivity index (χ3v) is 6.23. The van der Waals surface area contributed by atoms with Crippen LogP contribution >= 0.6 is 33.9 Å². The normalized spacial score (nSPS) is 11.0. The quantitative estimate of drug-likeness (QED) is 0.337. The van der Waals surface area contributed by atoms with Crippen LogP contribution in [0, 0.1) is 3.57 Å². The van der Waals surface area contributed by atoms with Gasteiger partial charge in [0.05, 0.1) is 26.5 Å². The van der Waals surface area contributed by atoms with Crippen molar-refractivity contribution in [1.82, 2.24) is 19.5 Å². The summed E-state index contributed by atoms with van der Waals surface area (Å²) >= 11 is 3.64. The molecule has 10 heteroatoms. The van der Waals surface area contributed by atoms with Crippen molar-refractivity contribution in [1.29, 1.82) is 0 Å². The minimum atomic E-state index is -0.215. The topological polar surface area (TPSA) is 111 Å². The molecule has 3 aromatic heterocycles. The molecule has 0 aliphatic rings. The van der Waals surface area contributed by atoms with E-state index in [1.54, 1.807) is 19.3 Å². The second-order valence-electron chi connectivity index (χ2n) is 6.12. The fraction of sp³-hybridized carbons (Fsp3) is 0.158. The van der Waals surface area contributed by atoms with Gasteiger partial charge in [-0.05, 0) is 52.9 Å². The standard InChI is InChI=1S/C19H18IN7OS/c1-22-18-23-9-7-12(24-18)14-5-6-15(29-14)17(28)26-19-25-13-4-2-3-11(20)16(13)27(19)10-8-21/h2-7,9H,8,10,21H2,1H3,(H,22,23,24)(H,25,26,28). The Morgan fingerprint density at radius 3 is 2.90 bits per heavy atom. The largest absolute Gasteiger partial charge is 0.357 e. The fourth-order valence-electron chi connectivity index (χ4n) is 2.96. The van der Waals surface area contributed by atoms with Crippen LogP contribution in [0.25, 0.3) is 21.6 Å². The number of carbonyl (C=O) groups is 1. The molecule has 3 heterocycles. The number of carbonyl (C=O) groups excluding carboxylic acids is 1. The summed E-state index contributed by atoms with van der Waals surface area (Å²) < 4.78 is 3.01. The molecule has 29 heavy (non-hydrogen) atoms. The van der Waals surface area contributed by atoms with Crippen LogP contribution in [0.3, 0.4) is 0 Å². The Bertz CT molecular complexity index is 1190. The van der Waals surface area contributed by atoms with E-state index in [9.17, 15) is 4.79 Å². The summed E-state index contributed by atoms with van der Waals surface area (Å²) in [6.45, 7) is 1.01. The van der Waals surface area contributed by atoms with E-state index in [2.05, 4.69) is 48.2 Å². The van der Waals surface area contributed by atoms with Crippen molar-refractivity contribution in [2.75, 3.05) is 24.2 Å². The number of aromatic nitrogens is 4. The molecule has 0 saturated heterocycles. The first-order valence-corrected chi connectivity index (χ1v) is 10.8. The highest BCUT2D eigenvalue weighted by Gasteiger charge is 2.17. The number of halogens is 1. The molecule has 4 aromatic rings. The Morgan fingerprint density at radius 2 is 2.10 bits per heavy atom. The van der Waals surface area contributed by atoms with E-state index in [0.717, 1.165) is 25.2 Å². The Balaban J connectivity index is 1.63. The molecule has 148 valence electrons. The summed E-state index contributed by atoms with van der Waals surface area (Å²) in [6.07, 6.45) is 1.68. The minimum absolute atomic E-state index is 0.215. The van der Waals surface area contributed by atoms with Crippen molar-refractivity contribution >= 4 is 62.8 Å². The second-order valence-corrected chi connectivity index (χ2v) is 8.36. The van der Waals surface area contributed by atoms with E-state index >= 15 is 0 Å². The van der Waals surface area contributed by atoms with Crippen molar-refractivity contribution in [2.24, 2.45) is 5.73 Å². The highest BCUT2D eigenvalue weighted by atomic mass is 127. The number of nitrogens with two attached hydrogens (primary N) is 1. The van der Waals surface area contributed by atoms with Gasteiger partial charge in [-0.1, -0.05) is 6.07 Å². The number of thiophene rings is 1. The van der Waals surface area contributed by atoms with Crippen LogP contribution in [0.1, 0.15) is 9.67 Å². The maximum Gasteiger partial charge on any atom is 0.268 e. The molecule has 0 atom stereocenters. The lowest BCUT2D eigenvalue weighted by Crippen LogP contribution is -2.17. The molecule has 4 rings (SSSR count). The third kappa shape index (κ3) is 3.95. The van der Waals surface area contributed by atoms with Gasteiger partial charge < -0.3 is 15.6 Å². The number of fused-ring (bicyclic) bond motifs is 1. The van der Waals surface area contributed by atoms with Crippen molar-refractivity contribution in [3.63, 3.8) is 0 Å². The Morgan fingerprint density at radius 1 is 1.24 bits per heavy atom. The number of imidazole rings is 1. The molecule has 1 amide bonds. The number of rotatable bonds is 6. The van der Waals surface area contributed by atoms with Crippen LogP contribution in [-0.2, 0) is 6.54 Å². The summed E-state index contributed by atoms with van der Waals surface area (Å²) in [6, 6.07) is 11.4. The predicted octanol–water partition coefficient (Wildman–Crippen LogP) is 3.41. The first-order chi connectivity index (χ1) is 14.1. The summed E-state index contributed by atoms with van der Waals surface area (Å²) in [7, 11) is 1.76. The lowest BCUT2D eigenvalue weighted by atomic mass is 10.3. The molecule has 0 spiro atoms. The molecule has 0 radical (unpaired) electrons. The zero-order chi connectivity index (χ0) is 20.4. The molecular formula is C19H18IN7OS. The lowest BCUT2D eigenvalue weighted by Gasteiger charge is -2.09. The van der Waals surface area contributed by atoms with E-state index in [1.807, 2.05) is 34.9 Å². The van der Waals surface area contributed by atoms with Crippen LogP contribution in [-0.4, -0.2) is 39.0 Å². The molecule has 0 fully saturated rings. The lowest BCUT2D eigenvalue weighted by molar-refractivity contribution is 0.102. The molecule has 8 nitrogen and oxygen atoms in total. The molecule has 0 unspecified atom stereocenters. The summed E-state index contributed by atoms with van der Waals surface area (Å²) in [5, 5.41) is 5.85. The number of hydrogen-bond donors (Lipinski definition) is 3. The van der Waals surface area contributed by atoms with E-state index in [4.69, 9.17) is 5.73 Å². The van der Waals surface area contributed by atoms with Crippen LogP contribution in [0.5, 0.6) is 0 Å². The molecule has 0 aliphatic carbocycles. The van der Waals surface area contributed by atoms with Gasteiger partial charge in [-0.15, -0.1) is 11.3 Å². The average Bonchev–Trinajstić information content (AvgIpc) is 3.35. The minimum Gasteiger partial charge on any atom is -0.357 e. The highest BCUT2D eigenvalue weighted by Crippen LogP contribution is 2.29. The van der Waals surface area contributed by atoms with Gasteiger partial charge in [0.15, 0.2) is 0 Å². The van der Waals surface area contributed by atoms with Gasteiger partial charge >= 0.3 is 0 Å². The van der Waals surface area contributed by atoms with Gasteiger partial charge in [0.2, 0.25) is 11.9 Å². The van der Waals surface area contributed by atoms with Crippen LogP contribution in [0.2, 0.25) is 0 Å². The number of nitrogens with zero attached hydrogens (tertiary/aromatic N) is 4. The summed E-state index contributed by atoms with van der Waals surface area (Å²) in [5.41, 5.74) is 8.35. The van der Waals surface area contributed by atoms with Gasteiger partial charge in [0.1, 0.15) is 0 Å². The van der Waals surface area contributed by atoms with Crippen molar-refractivity contribution < 1.29 is 4.79 Å². The van der Waals surface area contributed by atoms with E-state index < -0.39 is 0 Å². The number of para-hydroxylation sites is 1. The highest BCUT2D eigenvalue weighted by molar-refractivity contribution is 14.1. The van der Waals surface area contributed by atoms with Crippen LogP contribution < -0.4 is 16.4 Å². The van der Waals surface area contributed by atoms with Crippen LogP contribution in [0.15, 0.2) is 42.6 Å².